The average Bonchev–Trinajstić information content (AvgIpc) is 2.82. The van der Waals surface area contributed by atoms with Crippen molar-refractivity contribution >= 4 is 11.9 Å². The van der Waals surface area contributed by atoms with Gasteiger partial charge in [0.2, 0.25) is 5.91 Å². The van der Waals surface area contributed by atoms with Crippen molar-refractivity contribution in [3.05, 3.63) is 0 Å². The highest BCUT2D eigenvalue weighted by atomic mass is 16.4. The highest BCUT2D eigenvalue weighted by Gasteiger charge is 2.40. The summed E-state index contributed by atoms with van der Waals surface area (Å²) < 4.78 is 0. The number of carbonyl (C=O) groups excluding carboxylic acids is 1. The molecule has 2 fully saturated rings. The Labute approximate surface area is 120 Å². The highest BCUT2D eigenvalue weighted by Crippen LogP contribution is 2.36. The molecule has 0 aromatic carbocycles. The summed E-state index contributed by atoms with van der Waals surface area (Å²) in [6.45, 7) is 5.78. The molecule has 5 nitrogen and oxygen atoms in total. The third-order valence-electron chi connectivity index (χ3n) is 4.63. The minimum absolute atomic E-state index is 0.0706. The molecule has 1 aliphatic heterocycles. The summed E-state index contributed by atoms with van der Waals surface area (Å²) in [5.41, 5.74) is 0. The summed E-state index contributed by atoms with van der Waals surface area (Å²) in [5.74, 6) is -1.41. The molecule has 1 amide bonds. The van der Waals surface area contributed by atoms with E-state index >= 15 is 0 Å². The van der Waals surface area contributed by atoms with E-state index in [4.69, 9.17) is 0 Å². The Kier molecular flexibility index (Phi) is 5.40. The van der Waals surface area contributed by atoms with Crippen molar-refractivity contribution < 1.29 is 14.7 Å². The van der Waals surface area contributed by atoms with Crippen LogP contribution in [0.25, 0.3) is 0 Å². The number of nitrogens with one attached hydrogen (secondary N) is 1. The third kappa shape index (κ3) is 3.95. The molecule has 0 aromatic heterocycles. The number of nitrogens with zero attached hydrogens (tertiary/aromatic N) is 1. The lowest BCUT2D eigenvalue weighted by Crippen LogP contribution is -2.41. The second kappa shape index (κ2) is 7.07. The fourth-order valence-corrected chi connectivity index (χ4v) is 3.51. The van der Waals surface area contributed by atoms with E-state index < -0.39 is 11.9 Å². The van der Waals surface area contributed by atoms with E-state index in [1.54, 1.807) is 0 Å². The molecular weight excluding hydrogens is 256 g/mol. The summed E-state index contributed by atoms with van der Waals surface area (Å²) in [4.78, 5) is 25.7. The lowest BCUT2D eigenvalue weighted by molar-refractivity contribution is -0.146. The van der Waals surface area contributed by atoms with Gasteiger partial charge in [-0.05, 0) is 44.7 Å². The Morgan fingerprint density at radius 1 is 1.15 bits per heavy atom. The van der Waals surface area contributed by atoms with Gasteiger partial charge in [0.1, 0.15) is 0 Å². The first-order chi connectivity index (χ1) is 9.58. The molecule has 5 heteroatoms. The zero-order valence-corrected chi connectivity index (χ0v) is 12.3. The number of likely N-dealkylation sites (tertiary alicyclic amines) is 1. The van der Waals surface area contributed by atoms with E-state index in [-0.39, 0.29) is 11.8 Å². The highest BCUT2D eigenvalue weighted by molar-refractivity contribution is 5.85. The molecule has 114 valence electrons. The minimum atomic E-state index is -0.828. The monoisotopic (exact) mass is 282 g/mol. The van der Waals surface area contributed by atoms with Crippen LogP contribution in [0.1, 0.15) is 39.0 Å². The Balaban J connectivity index is 1.74. The second-order valence-corrected chi connectivity index (χ2v) is 6.32. The van der Waals surface area contributed by atoms with Crippen LogP contribution in [0, 0.1) is 17.8 Å². The topological polar surface area (TPSA) is 69.6 Å². The SMILES string of the molecule is CC1C[C@H](C(=O)NCCN2CCCCC2)[C@H](C(=O)O)C1. The Hall–Kier alpha value is -1.10. The molecular formula is C15H26N2O3. The molecule has 0 spiro atoms. The first kappa shape index (κ1) is 15.3. The standard InChI is InChI=1S/C15H26N2O3/c1-11-9-12(13(10-11)15(19)20)14(18)16-5-8-17-6-3-2-4-7-17/h11-13H,2-10H2,1H3,(H,16,18)(H,19,20)/t11?,12-,13+/m0/s1. The van der Waals surface area contributed by atoms with Crippen LogP contribution >= 0.6 is 0 Å². The van der Waals surface area contributed by atoms with Gasteiger partial charge in [0, 0.05) is 13.1 Å². The van der Waals surface area contributed by atoms with E-state index in [1.807, 2.05) is 6.92 Å². The molecule has 0 aromatic rings. The zero-order chi connectivity index (χ0) is 14.5. The molecule has 2 rings (SSSR count). The number of piperidine rings is 1. The fourth-order valence-electron chi connectivity index (χ4n) is 3.51. The fraction of sp³-hybridized carbons (Fsp3) is 0.867. The number of amides is 1. The van der Waals surface area contributed by atoms with Crippen LogP contribution in [-0.2, 0) is 9.59 Å². The van der Waals surface area contributed by atoms with Crippen LogP contribution in [0.2, 0.25) is 0 Å². The van der Waals surface area contributed by atoms with Crippen LogP contribution in [0.15, 0.2) is 0 Å². The maximum absolute atomic E-state index is 12.2. The van der Waals surface area contributed by atoms with Crippen molar-refractivity contribution in [1.29, 1.82) is 0 Å². The summed E-state index contributed by atoms with van der Waals surface area (Å²) in [6, 6.07) is 0. The lowest BCUT2D eigenvalue weighted by atomic mass is 9.95. The van der Waals surface area contributed by atoms with Crippen LogP contribution in [0.3, 0.4) is 0 Å². The summed E-state index contributed by atoms with van der Waals surface area (Å²) in [5, 5.41) is 12.1. The molecule has 1 saturated carbocycles. The van der Waals surface area contributed by atoms with E-state index in [1.165, 1.54) is 19.3 Å². The lowest BCUT2D eigenvalue weighted by Gasteiger charge is -2.26. The molecule has 1 heterocycles. The number of carbonyl (C=O) groups is 2. The van der Waals surface area contributed by atoms with Gasteiger partial charge in [-0.2, -0.15) is 0 Å². The van der Waals surface area contributed by atoms with Gasteiger partial charge >= 0.3 is 5.97 Å². The number of carboxylic acid groups (broad SMARTS) is 1. The average molecular weight is 282 g/mol. The van der Waals surface area contributed by atoms with Crippen molar-refractivity contribution in [3.63, 3.8) is 0 Å². The van der Waals surface area contributed by atoms with Gasteiger partial charge in [-0.15, -0.1) is 0 Å². The number of hydrogen-bond donors (Lipinski definition) is 2. The minimum Gasteiger partial charge on any atom is -0.481 e. The van der Waals surface area contributed by atoms with Gasteiger partial charge in [0.05, 0.1) is 11.8 Å². The molecule has 2 N–H and O–H groups in total. The predicted molar refractivity (Wildman–Crippen MR) is 76.3 cm³/mol. The summed E-state index contributed by atoms with van der Waals surface area (Å²) in [7, 11) is 0. The Morgan fingerprint density at radius 2 is 1.80 bits per heavy atom. The van der Waals surface area contributed by atoms with Crippen molar-refractivity contribution in [3.8, 4) is 0 Å². The second-order valence-electron chi connectivity index (χ2n) is 6.32. The van der Waals surface area contributed by atoms with Gasteiger partial charge in [0.15, 0.2) is 0 Å². The zero-order valence-electron chi connectivity index (χ0n) is 12.3. The van der Waals surface area contributed by atoms with E-state index in [2.05, 4.69) is 10.2 Å². The molecule has 1 saturated heterocycles. The molecule has 0 radical (unpaired) electrons. The number of rotatable bonds is 5. The predicted octanol–water partition coefficient (Wildman–Crippen LogP) is 1.34. The van der Waals surface area contributed by atoms with Gasteiger partial charge < -0.3 is 15.3 Å². The van der Waals surface area contributed by atoms with Crippen molar-refractivity contribution in [2.24, 2.45) is 17.8 Å². The van der Waals surface area contributed by atoms with Crippen LogP contribution in [-0.4, -0.2) is 48.1 Å². The molecule has 3 atom stereocenters. The first-order valence-corrected chi connectivity index (χ1v) is 7.81. The summed E-state index contributed by atoms with van der Waals surface area (Å²) in [6.07, 6.45) is 5.12. The maximum atomic E-state index is 12.2. The van der Waals surface area contributed by atoms with Crippen LogP contribution in [0.4, 0.5) is 0 Å². The Bertz CT molecular complexity index is 353. The number of carboxylic acids is 1. The van der Waals surface area contributed by atoms with Crippen molar-refractivity contribution in [2.75, 3.05) is 26.2 Å². The Morgan fingerprint density at radius 3 is 2.45 bits per heavy atom. The van der Waals surface area contributed by atoms with Gasteiger partial charge in [0.25, 0.3) is 0 Å². The molecule has 1 aliphatic carbocycles. The molecule has 0 bridgehead atoms. The van der Waals surface area contributed by atoms with E-state index in [0.717, 1.165) is 19.6 Å². The first-order valence-electron chi connectivity index (χ1n) is 7.81. The van der Waals surface area contributed by atoms with Gasteiger partial charge in [-0.3, -0.25) is 9.59 Å². The smallest absolute Gasteiger partial charge is 0.307 e. The van der Waals surface area contributed by atoms with E-state index in [9.17, 15) is 14.7 Å². The van der Waals surface area contributed by atoms with Crippen LogP contribution < -0.4 is 5.32 Å². The van der Waals surface area contributed by atoms with E-state index in [0.29, 0.717) is 25.3 Å². The van der Waals surface area contributed by atoms with Gasteiger partial charge in [-0.25, -0.2) is 0 Å². The van der Waals surface area contributed by atoms with Crippen molar-refractivity contribution in [1.82, 2.24) is 10.2 Å². The largest absolute Gasteiger partial charge is 0.481 e. The molecule has 1 unspecified atom stereocenters. The molecule has 2 aliphatic rings. The normalized spacial score (nSPS) is 31.1. The quantitative estimate of drug-likeness (QED) is 0.798. The van der Waals surface area contributed by atoms with Crippen molar-refractivity contribution in [2.45, 2.75) is 39.0 Å². The number of aliphatic carboxylic acids is 1. The maximum Gasteiger partial charge on any atom is 0.307 e. The molecule has 20 heavy (non-hydrogen) atoms. The van der Waals surface area contributed by atoms with Gasteiger partial charge in [-0.1, -0.05) is 13.3 Å². The summed E-state index contributed by atoms with van der Waals surface area (Å²) >= 11 is 0. The van der Waals surface area contributed by atoms with Crippen LogP contribution in [0.5, 0.6) is 0 Å². The third-order valence-corrected chi connectivity index (χ3v) is 4.63. The number of hydrogen-bond acceptors (Lipinski definition) is 3.